The monoisotopic (exact) mass is 385 g/mol. The Morgan fingerprint density at radius 3 is 2.62 bits per heavy atom. The fraction of sp³-hybridized carbons (Fsp3) is 0.316. The molecule has 3 aromatic rings. The van der Waals surface area contributed by atoms with E-state index in [0.717, 1.165) is 50.0 Å². The molecule has 5 nitrogen and oxygen atoms in total. The van der Waals surface area contributed by atoms with Crippen LogP contribution in [0.5, 0.6) is 0 Å². The molecule has 4 rings (SSSR count). The minimum absolute atomic E-state index is 0.651. The van der Waals surface area contributed by atoms with E-state index < -0.39 is 0 Å². The highest BCUT2D eigenvalue weighted by Gasteiger charge is 2.20. The molecular formula is C19H20ClN5S. The van der Waals surface area contributed by atoms with Crippen LogP contribution in [0.15, 0.2) is 48.7 Å². The SMILES string of the molecule is Clc1ccnc(-c2nsc(N3CCN(CCc4ccccc4)CC3)n2)c1. The fourth-order valence-electron chi connectivity index (χ4n) is 3.07. The Balaban J connectivity index is 1.32. The molecule has 1 aliphatic heterocycles. The van der Waals surface area contributed by atoms with Crippen molar-refractivity contribution in [3.63, 3.8) is 0 Å². The van der Waals surface area contributed by atoms with E-state index in [0.29, 0.717) is 10.8 Å². The lowest BCUT2D eigenvalue weighted by Crippen LogP contribution is -2.47. The van der Waals surface area contributed by atoms with Gasteiger partial charge in [0, 0.05) is 55.5 Å². The van der Waals surface area contributed by atoms with Crippen LogP contribution in [0.3, 0.4) is 0 Å². The van der Waals surface area contributed by atoms with Crippen molar-refractivity contribution in [2.24, 2.45) is 0 Å². The van der Waals surface area contributed by atoms with E-state index in [1.165, 1.54) is 17.1 Å². The Morgan fingerprint density at radius 2 is 1.85 bits per heavy atom. The van der Waals surface area contributed by atoms with Gasteiger partial charge in [0.25, 0.3) is 0 Å². The van der Waals surface area contributed by atoms with Crippen LogP contribution in [0.4, 0.5) is 5.13 Å². The number of hydrogen-bond donors (Lipinski definition) is 0. The molecule has 0 atom stereocenters. The predicted molar refractivity (Wildman–Crippen MR) is 107 cm³/mol. The third-order valence-electron chi connectivity index (χ3n) is 4.57. The van der Waals surface area contributed by atoms with E-state index in [1.54, 1.807) is 18.3 Å². The molecular weight excluding hydrogens is 366 g/mol. The van der Waals surface area contributed by atoms with Crippen LogP contribution < -0.4 is 4.90 Å². The van der Waals surface area contributed by atoms with Crippen LogP contribution >= 0.6 is 23.1 Å². The van der Waals surface area contributed by atoms with Crippen molar-refractivity contribution in [2.75, 3.05) is 37.6 Å². The van der Waals surface area contributed by atoms with Gasteiger partial charge in [-0.1, -0.05) is 41.9 Å². The van der Waals surface area contributed by atoms with Crippen LogP contribution in [0, 0.1) is 0 Å². The van der Waals surface area contributed by atoms with Crippen LogP contribution in [0.1, 0.15) is 5.56 Å². The van der Waals surface area contributed by atoms with Crippen molar-refractivity contribution in [3.8, 4) is 11.5 Å². The third-order valence-corrected chi connectivity index (χ3v) is 5.58. The van der Waals surface area contributed by atoms with Crippen molar-refractivity contribution in [1.82, 2.24) is 19.2 Å². The second kappa shape index (κ2) is 8.12. The summed E-state index contributed by atoms with van der Waals surface area (Å²) in [4.78, 5) is 13.8. The van der Waals surface area contributed by atoms with Crippen molar-refractivity contribution < 1.29 is 0 Å². The molecule has 3 heterocycles. The highest BCUT2D eigenvalue weighted by molar-refractivity contribution is 7.09. The lowest BCUT2D eigenvalue weighted by atomic mass is 10.1. The Kier molecular flexibility index (Phi) is 5.43. The molecule has 2 aromatic heterocycles. The van der Waals surface area contributed by atoms with Gasteiger partial charge in [-0.25, -0.2) is 0 Å². The first-order chi connectivity index (χ1) is 12.8. The summed E-state index contributed by atoms with van der Waals surface area (Å²) in [6.45, 7) is 5.17. The summed E-state index contributed by atoms with van der Waals surface area (Å²) < 4.78 is 4.45. The highest BCUT2D eigenvalue weighted by Crippen LogP contribution is 2.25. The van der Waals surface area contributed by atoms with Gasteiger partial charge in [-0.15, -0.1) is 0 Å². The zero-order valence-corrected chi connectivity index (χ0v) is 16.0. The number of pyridine rings is 1. The second-order valence-electron chi connectivity index (χ2n) is 6.32. The zero-order chi connectivity index (χ0) is 17.8. The molecule has 7 heteroatoms. The predicted octanol–water partition coefficient (Wildman–Crippen LogP) is 3.62. The summed E-state index contributed by atoms with van der Waals surface area (Å²) in [7, 11) is 0. The van der Waals surface area contributed by atoms with Crippen LogP contribution in [-0.2, 0) is 6.42 Å². The van der Waals surface area contributed by atoms with E-state index in [2.05, 4.69) is 54.5 Å². The zero-order valence-electron chi connectivity index (χ0n) is 14.4. The van der Waals surface area contributed by atoms with Gasteiger partial charge in [0.1, 0.15) is 5.69 Å². The number of piperazine rings is 1. The largest absolute Gasteiger partial charge is 0.344 e. The maximum Gasteiger partial charge on any atom is 0.205 e. The van der Waals surface area contributed by atoms with E-state index >= 15 is 0 Å². The van der Waals surface area contributed by atoms with Crippen LogP contribution in [0.25, 0.3) is 11.5 Å². The van der Waals surface area contributed by atoms with Crippen LogP contribution in [0.2, 0.25) is 5.02 Å². The van der Waals surface area contributed by atoms with E-state index in [-0.39, 0.29) is 0 Å². The number of halogens is 1. The average molecular weight is 386 g/mol. The third kappa shape index (κ3) is 4.20. The molecule has 0 radical (unpaired) electrons. The number of anilines is 1. The second-order valence-corrected chi connectivity index (χ2v) is 7.49. The van der Waals surface area contributed by atoms with E-state index in [1.807, 2.05) is 0 Å². The molecule has 0 spiro atoms. The Labute approximate surface area is 162 Å². The molecule has 0 aliphatic carbocycles. The van der Waals surface area contributed by atoms with Crippen molar-refractivity contribution in [3.05, 3.63) is 59.2 Å². The normalized spacial score (nSPS) is 15.3. The minimum Gasteiger partial charge on any atom is -0.344 e. The van der Waals surface area contributed by atoms with Crippen molar-refractivity contribution in [2.45, 2.75) is 6.42 Å². The number of nitrogens with zero attached hydrogens (tertiary/aromatic N) is 5. The van der Waals surface area contributed by atoms with Gasteiger partial charge in [-0.05, 0) is 24.1 Å². The Hall–Kier alpha value is -2.02. The quantitative estimate of drug-likeness (QED) is 0.671. The van der Waals surface area contributed by atoms with Crippen LogP contribution in [-0.4, -0.2) is 52.0 Å². The number of rotatable bonds is 5. The fourth-order valence-corrected chi connectivity index (χ4v) is 3.96. The lowest BCUT2D eigenvalue weighted by molar-refractivity contribution is 0.261. The number of hydrogen-bond acceptors (Lipinski definition) is 6. The molecule has 1 fully saturated rings. The topological polar surface area (TPSA) is 45.2 Å². The van der Waals surface area contributed by atoms with Gasteiger partial charge in [0.15, 0.2) is 5.82 Å². The molecule has 0 bridgehead atoms. The molecule has 1 aromatic carbocycles. The number of aromatic nitrogens is 3. The van der Waals surface area contributed by atoms with Gasteiger partial charge in [-0.2, -0.15) is 9.36 Å². The molecule has 134 valence electrons. The summed E-state index contributed by atoms with van der Waals surface area (Å²) in [6.07, 6.45) is 2.79. The van der Waals surface area contributed by atoms with E-state index in [4.69, 9.17) is 11.6 Å². The first-order valence-electron chi connectivity index (χ1n) is 8.75. The summed E-state index contributed by atoms with van der Waals surface area (Å²) >= 11 is 7.46. The van der Waals surface area contributed by atoms with Gasteiger partial charge in [-0.3, -0.25) is 9.88 Å². The smallest absolute Gasteiger partial charge is 0.205 e. The van der Waals surface area contributed by atoms with Crippen molar-refractivity contribution >= 4 is 28.3 Å². The summed E-state index contributed by atoms with van der Waals surface area (Å²) in [5.41, 5.74) is 2.12. The van der Waals surface area contributed by atoms with Gasteiger partial charge in [0.2, 0.25) is 5.13 Å². The maximum absolute atomic E-state index is 6.03. The maximum atomic E-state index is 6.03. The molecule has 1 saturated heterocycles. The molecule has 0 amide bonds. The summed E-state index contributed by atoms with van der Waals surface area (Å²) in [5.74, 6) is 0.652. The van der Waals surface area contributed by atoms with Gasteiger partial charge < -0.3 is 4.90 Å². The molecule has 1 aliphatic rings. The first-order valence-corrected chi connectivity index (χ1v) is 9.90. The minimum atomic E-state index is 0.651. The highest BCUT2D eigenvalue weighted by atomic mass is 35.5. The average Bonchev–Trinajstić information content (AvgIpc) is 3.18. The van der Waals surface area contributed by atoms with Gasteiger partial charge in [0.05, 0.1) is 0 Å². The number of benzene rings is 1. The molecule has 0 saturated carbocycles. The summed E-state index contributed by atoms with van der Waals surface area (Å²) in [5, 5.41) is 1.61. The molecule has 26 heavy (non-hydrogen) atoms. The van der Waals surface area contributed by atoms with E-state index in [9.17, 15) is 0 Å². The first kappa shape index (κ1) is 17.4. The van der Waals surface area contributed by atoms with Crippen molar-refractivity contribution in [1.29, 1.82) is 0 Å². The standard InChI is InChI=1S/C19H20ClN5S/c20-16-6-8-21-17(14-16)18-22-19(26-23-18)25-12-10-24(11-13-25)9-7-15-4-2-1-3-5-15/h1-6,8,14H,7,9-13H2. The Morgan fingerprint density at radius 1 is 1.04 bits per heavy atom. The molecule has 0 N–H and O–H groups in total. The summed E-state index contributed by atoms with van der Waals surface area (Å²) in [6, 6.07) is 14.2. The lowest BCUT2D eigenvalue weighted by Gasteiger charge is -2.34. The molecule has 0 unspecified atom stereocenters. The Bertz CT molecular complexity index is 846. The van der Waals surface area contributed by atoms with Gasteiger partial charge >= 0.3 is 0 Å².